The number of hydrogen-bond acceptors (Lipinski definition) is 4. The highest BCUT2D eigenvalue weighted by Crippen LogP contribution is 2.50. The summed E-state index contributed by atoms with van der Waals surface area (Å²) in [5, 5.41) is 9.57. The van der Waals surface area contributed by atoms with E-state index < -0.39 is 23.5 Å². The van der Waals surface area contributed by atoms with Crippen molar-refractivity contribution in [1.82, 2.24) is 14.8 Å². The van der Waals surface area contributed by atoms with E-state index in [1.54, 1.807) is 24.5 Å². The van der Waals surface area contributed by atoms with Gasteiger partial charge in [-0.15, -0.1) is 0 Å². The first-order valence-corrected chi connectivity index (χ1v) is 12.3. The first-order chi connectivity index (χ1) is 17.9. The Morgan fingerprint density at radius 3 is 1.74 bits per heavy atom. The first-order valence-electron chi connectivity index (χ1n) is 12.3. The second kappa shape index (κ2) is 11.0. The van der Waals surface area contributed by atoms with Crippen LogP contribution in [0.5, 0.6) is 0 Å². The molecular weight excluding hydrogens is 508 g/mol. The van der Waals surface area contributed by atoms with Crippen molar-refractivity contribution in [2.45, 2.75) is 43.9 Å². The summed E-state index contributed by atoms with van der Waals surface area (Å²) in [6.45, 7) is 6.93. The molecule has 1 unspecified atom stereocenters. The minimum Gasteiger partial charge on any atom is -0.369 e. The molecule has 1 saturated heterocycles. The standard InChI is InChI=1S/C28H29F6N3O/c1-20(37-16-14-36(15-17-37)19-22-10-12-35-13-11-22)18-21-2-4-23(5-3-21)24-6-8-25(9-7-24)26(38,27(29,30)31)28(32,33)34/h2-13,20,38H,14-19H2,1H3. The number of nitrogens with zero attached hydrogens (tertiary/aromatic N) is 3. The molecule has 0 spiro atoms. The number of aliphatic hydroxyl groups is 1. The van der Waals surface area contributed by atoms with Crippen molar-refractivity contribution in [2.75, 3.05) is 26.2 Å². The fraction of sp³-hybridized carbons (Fsp3) is 0.393. The van der Waals surface area contributed by atoms with Gasteiger partial charge < -0.3 is 5.11 Å². The SMILES string of the molecule is CC(Cc1ccc(-c2ccc(C(O)(C(F)(F)F)C(F)(F)F)cc2)cc1)N1CCN(Cc2ccncc2)CC1. The summed E-state index contributed by atoms with van der Waals surface area (Å²) in [6, 6.07) is 15.4. The Bertz CT molecular complexity index is 1160. The molecule has 4 rings (SSSR count). The fourth-order valence-corrected chi connectivity index (χ4v) is 4.80. The number of benzene rings is 2. The predicted molar refractivity (Wildman–Crippen MR) is 132 cm³/mol. The van der Waals surface area contributed by atoms with Gasteiger partial charge in [-0.3, -0.25) is 14.8 Å². The maximum Gasteiger partial charge on any atom is 0.430 e. The van der Waals surface area contributed by atoms with E-state index >= 15 is 0 Å². The van der Waals surface area contributed by atoms with E-state index in [4.69, 9.17) is 0 Å². The largest absolute Gasteiger partial charge is 0.430 e. The van der Waals surface area contributed by atoms with Crippen molar-refractivity contribution >= 4 is 0 Å². The number of hydrogen-bond donors (Lipinski definition) is 1. The van der Waals surface area contributed by atoms with Gasteiger partial charge in [0.15, 0.2) is 0 Å². The summed E-state index contributed by atoms with van der Waals surface area (Å²) in [6.07, 6.45) is -7.40. The Morgan fingerprint density at radius 2 is 1.24 bits per heavy atom. The van der Waals surface area contributed by atoms with Gasteiger partial charge in [0.05, 0.1) is 0 Å². The normalized spacial score (nSPS) is 16.9. The van der Waals surface area contributed by atoms with Crippen molar-refractivity contribution in [2.24, 2.45) is 0 Å². The number of rotatable bonds is 7. The highest BCUT2D eigenvalue weighted by atomic mass is 19.4. The Balaban J connectivity index is 1.35. The molecule has 3 aromatic rings. The van der Waals surface area contributed by atoms with E-state index in [0.717, 1.165) is 56.8 Å². The van der Waals surface area contributed by atoms with Crippen LogP contribution in [0.15, 0.2) is 73.1 Å². The second-order valence-corrected chi connectivity index (χ2v) is 9.70. The molecule has 0 aliphatic carbocycles. The van der Waals surface area contributed by atoms with Crippen LogP contribution in [0.2, 0.25) is 0 Å². The van der Waals surface area contributed by atoms with Crippen LogP contribution in [0, 0.1) is 0 Å². The van der Waals surface area contributed by atoms with E-state index in [1.165, 1.54) is 5.56 Å². The smallest absolute Gasteiger partial charge is 0.369 e. The molecule has 38 heavy (non-hydrogen) atoms. The molecule has 4 nitrogen and oxygen atoms in total. The van der Waals surface area contributed by atoms with E-state index in [1.807, 2.05) is 24.3 Å². The molecule has 1 fully saturated rings. The van der Waals surface area contributed by atoms with Gasteiger partial charge in [-0.2, -0.15) is 26.3 Å². The van der Waals surface area contributed by atoms with Gasteiger partial charge in [-0.25, -0.2) is 0 Å². The molecule has 204 valence electrons. The number of halogens is 6. The predicted octanol–water partition coefficient (Wildman–Crippen LogP) is 5.81. The second-order valence-electron chi connectivity index (χ2n) is 9.70. The summed E-state index contributed by atoms with van der Waals surface area (Å²) >= 11 is 0. The molecule has 0 saturated carbocycles. The molecule has 1 aromatic heterocycles. The van der Waals surface area contributed by atoms with Gasteiger partial charge >= 0.3 is 12.4 Å². The minimum atomic E-state index is -5.91. The topological polar surface area (TPSA) is 39.6 Å². The summed E-state index contributed by atoms with van der Waals surface area (Å²) < 4.78 is 78.7. The lowest BCUT2D eigenvalue weighted by atomic mass is 9.90. The number of aromatic nitrogens is 1. The van der Waals surface area contributed by atoms with Gasteiger partial charge in [-0.05, 0) is 47.7 Å². The molecule has 1 aliphatic heterocycles. The van der Waals surface area contributed by atoms with Crippen LogP contribution in [0.3, 0.4) is 0 Å². The third-order valence-electron chi connectivity index (χ3n) is 7.13. The van der Waals surface area contributed by atoms with Crippen LogP contribution < -0.4 is 0 Å². The Morgan fingerprint density at radius 1 is 0.737 bits per heavy atom. The highest BCUT2D eigenvalue weighted by Gasteiger charge is 2.71. The molecule has 1 N–H and O–H groups in total. The number of alkyl halides is 6. The zero-order valence-electron chi connectivity index (χ0n) is 20.8. The van der Waals surface area contributed by atoms with Crippen molar-refractivity contribution < 1.29 is 31.4 Å². The van der Waals surface area contributed by atoms with Gasteiger partial charge in [0.25, 0.3) is 5.60 Å². The average Bonchev–Trinajstić information content (AvgIpc) is 2.88. The van der Waals surface area contributed by atoms with E-state index in [0.29, 0.717) is 29.3 Å². The third kappa shape index (κ3) is 6.03. The lowest BCUT2D eigenvalue weighted by molar-refractivity contribution is -0.376. The molecule has 0 amide bonds. The van der Waals surface area contributed by atoms with E-state index in [2.05, 4.69) is 21.7 Å². The summed E-state index contributed by atoms with van der Waals surface area (Å²) in [7, 11) is 0. The molecule has 2 aromatic carbocycles. The van der Waals surface area contributed by atoms with Crippen LogP contribution in [0.4, 0.5) is 26.3 Å². The molecule has 2 heterocycles. The van der Waals surface area contributed by atoms with Gasteiger partial charge in [-0.1, -0.05) is 48.5 Å². The Kier molecular flexibility index (Phi) is 8.15. The third-order valence-corrected chi connectivity index (χ3v) is 7.13. The van der Waals surface area contributed by atoms with Crippen LogP contribution in [0.1, 0.15) is 23.6 Å². The molecule has 0 bridgehead atoms. The van der Waals surface area contributed by atoms with Crippen molar-refractivity contribution in [3.63, 3.8) is 0 Å². The maximum atomic E-state index is 13.1. The van der Waals surface area contributed by atoms with Crippen molar-refractivity contribution in [1.29, 1.82) is 0 Å². The van der Waals surface area contributed by atoms with Gasteiger partial charge in [0, 0.05) is 56.7 Å². The van der Waals surface area contributed by atoms with Crippen LogP contribution >= 0.6 is 0 Å². The highest BCUT2D eigenvalue weighted by molar-refractivity contribution is 5.64. The van der Waals surface area contributed by atoms with E-state index in [9.17, 15) is 31.4 Å². The zero-order chi connectivity index (χ0) is 27.6. The summed E-state index contributed by atoms with van der Waals surface area (Å²) in [5.41, 5.74) is -2.77. The first kappa shape index (κ1) is 28.1. The summed E-state index contributed by atoms with van der Waals surface area (Å²) in [4.78, 5) is 8.92. The molecule has 1 atom stereocenters. The maximum absolute atomic E-state index is 13.1. The van der Waals surface area contributed by atoms with Crippen LogP contribution in [-0.2, 0) is 18.6 Å². The van der Waals surface area contributed by atoms with Crippen molar-refractivity contribution in [3.05, 3.63) is 89.7 Å². The van der Waals surface area contributed by atoms with Crippen LogP contribution in [-0.4, -0.2) is 64.5 Å². The molecular formula is C28H29F6N3O. The Hall–Kier alpha value is -2.95. The summed E-state index contributed by atoms with van der Waals surface area (Å²) in [5.74, 6) is 0. The van der Waals surface area contributed by atoms with Crippen molar-refractivity contribution in [3.8, 4) is 11.1 Å². The van der Waals surface area contributed by atoms with E-state index in [-0.39, 0.29) is 0 Å². The Labute approximate surface area is 217 Å². The van der Waals surface area contributed by atoms with Crippen LogP contribution in [0.25, 0.3) is 11.1 Å². The van der Waals surface area contributed by atoms with Gasteiger partial charge in [0.1, 0.15) is 0 Å². The lowest BCUT2D eigenvalue weighted by Gasteiger charge is -2.38. The number of pyridine rings is 1. The quantitative estimate of drug-likeness (QED) is 0.386. The monoisotopic (exact) mass is 537 g/mol. The lowest BCUT2D eigenvalue weighted by Crippen LogP contribution is -2.53. The zero-order valence-corrected chi connectivity index (χ0v) is 20.8. The molecule has 1 aliphatic rings. The molecule has 10 heteroatoms. The fourth-order valence-electron chi connectivity index (χ4n) is 4.80. The van der Waals surface area contributed by atoms with Gasteiger partial charge in [0.2, 0.25) is 0 Å². The minimum absolute atomic E-state index is 0.311. The average molecular weight is 538 g/mol. The number of piperazine rings is 1. The molecule has 0 radical (unpaired) electrons.